The van der Waals surface area contributed by atoms with Crippen molar-refractivity contribution in [1.29, 1.82) is 0 Å². The van der Waals surface area contributed by atoms with Crippen LogP contribution in [0.25, 0.3) is 6.08 Å². The number of nitrogens with one attached hydrogen (secondary N) is 2. The molecule has 2 aromatic carbocycles. The summed E-state index contributed by atoms with van der Waals surface area (Å²) in [6, 6.07) is 16.3. The number of hydrogen-bond donors (Lipinski definition) is 2. The zero-order valence-electron chi connectivity index (χ0n) is 15.6. The van der Waals surface area contributed by atoms with Crippen LogP contribution in [-0.4, -0.2) is 18.9 Å². The molecule has 0 atom stereocenters. The number of thioether (sulfide) groups is 1. The Morgan fingerprint density at radius 2 is 2.03 bits per heavy atom. The van der Waals surface area contributed by atoms with Crippen LogP contribution in [0.2, 0.25) is 0 Å². The highest BCUT2D eigenvalue weighted by molar-refractivity contribution is 8.04. The van der Waals surface area contributed by atoms with Crippen LogP contribution in [0.5, 0.6) is 5.75 Å². The maximum absolute atomic E-state index is 12.5. The zero-order valence-corrected chi connectivity index (χ0v) is 16.4. The van der Waals surface area contributed by atoms with Gasteiger partial charge in [0.2, 0.25) is 0 Å². The van der Waals surface area contributed by atoms with Gasteiger partial charge in [0.1, 0.15) is 11.5 Å². The Balaban J connectivity index is 1.48. The molecular weight excluding hydrogens is 388 g/mol. The predicted octanol–water partition coefficient (Wildman–Crippen LogP) is 4.30. The van der Waals surface area contributed by atoms with Crippen molar-refractivity contribution < 1.29 is 18.7 Å². The van der Waals surface area contributed by atoms with Crippen molar-refractivity contribution >= 4 is 35.3 Å². The van der Waals surface area contributed by atoms with Crippen molar-refractivity contribution in [3.63, 3.8) is 0 Å². The van der Waals surface area contributed by atoms with Gasteiger partial charge >= 0.3 is 0 Å². The molecule has 29 heavy (non-hydrogen) atoms. The van der Waals surface area contributed by atoms with Crippen molar-refractivity contribution in [2.24, 2.45) is 0 Å². The first-order valence-electron chi connectivity index (χ1n) is 8.92. The van der Waals surface area contributed by atoms with E-state index in [2.05, 4.69) is 10.6 Å². The Morgan fingerprint density at radius 3 is 2.76 bits per heavy atom. The van der Waals surface area contributed by atoms with E-state index in [0.29, 0.717) is 28.5 Å². The second kappa shape index (κ2) is 8.28. The molecule has 0 fully saturated rings. The lowest BCUT2D eigenvalue weighted by Gasteiger charge is -2.19. The third kappa shape index (κ3) is 4.35. The van der Waals surface area contributed by atoms with Crippen LogP contribution in [-0.2, 0) is 11.3 Å². The maximum Gasteiger partial charge on any atom is 0.262 e. The van der Waals surface area contributed by atoms with E-state index < -0.39 is 0 Å². The lowest BCUT2D eigenvalue weighted by atomic mass is 10.1. The minimum absolute atomic E-state index is 0.202. The van der Waals surface area contributed by atoms with E-state index >= 15 is 0 Å². The Kier molecular flexibility index (Phi) is 5.39. The molecule has 0 aliphatic carbocycles. The molecule has 146 valence electrons. The summed E-state index contributed by atoms with van der Waals surface area (Å²) in [5, 5.41) is 5.66. The lowest BCUT2D eigenvalue weighted by molar-refractivity contribution is -0.112. The lowest BCUT2D eigenvalue weighted by Crippen LogP contribution is -2.23. The zero-order chi connectivity index (χ0) is 20.2. The van der Waals surface area contributed by atoms with Gasteiger partial charge in [0.15, 0.2) is 0 Å². The fourth-order valence-corrected chi connectivity index (χ4v) is 3.77. The second-order valence-electron chi connectivity index (χ2n) is 6.31. The molecule has 1 aliphatic heterocycles. The Morgan fingerprint density at radius 1 is 1.21 bits per heavy atom. The summed E-state index contributed by atoms with van der Waals surface area (Å²) in [6.45, 7) is 0.304. The first kappa shape index (κ1) is 18.9. The number of amides is 2. The van der Waals surface area contributed by atoms with Gasteiger partial charge in [0.25, 0.3) is 11.8 Å². The van der Waals surface area contributed by atoms with Crippen LogP contribution in [0.4, 0.5) is 5.69 Å². The van der Waals surface area contributed by atoms with Crippen LogP contribution in [0.15, 0.2) is 75.1 Å². The fraction of sp³-hybridized carbons (Fsp3) is 0.0909. The van der Waals surface area contributed by atoms with Gasteiger partial charge in [-0.2, -0.15) is 0 Å². The van der Waals surface area contributed by atoms with Gasteiger partial charge in [0.05, 0.1) is 30.5 Å². The number of benzene rings is 2. The number of carbonyl (C=O) groups excluding carboxylic acids is 2. The van der Waals surface area contributed by atoms with Gasteiger partial charge in [-0.25, -0.2) is 0 Å². The van der Waals surface area contributed by atoms with Gasteiger partial charge in [-0.15, -0.1) is 0 Å². The molecule has 0 bridgehead atoms. The Hall–Kier alpha value is -3.45. The molecule has 2 N–H and O–H groups in total. The molecule has 0 spiro atoms. The Labute approximate surface area is 171 Å². The molecule has 1 aliphatic rings. The summed E-state index contributed by atoms with van der Waals surface area (Å²) >= 11 is 1.37. The SMILES string of the molecule is COc1ccc(/C=C2/Sc3ccc(C(=O)NCc4ccco4)cc3NC2=O)cc1. The van der Waals surface area contributed by atoms with Crippen molar-refractivity contribution in [1.82, 2.24) is 5.32 Å². The number of methoxy groups -OCH3 is 1. The molecule has 4 rings (SSSR count). The largest absolute Gasteiger partial charge is 0.497 e. The summed E-state index contributed by atoms with van der Waals surface area (Å²) in [5.74, 6) is 0.999. The third-order valence-electron chi connectivity index (χ3n) is 4.35. The standard InChI is InChI=1S/C22H18N2O4S/c1-27-16-7-4-14(5-8-16)11-20-22(26)24-18-12-15(6-9-19(18)29-20)21(25)23-13-17-3-2-10-28-17/h2-12H,13H2,1H3,(H,23,25)(H,24,26)/b20-11+. The molecule has 0 saturated heterocycles. The molecule has 2 amide bonds. The smallest absolute Gasteiger partial charge is 0.262 e. The van der Waals surface area contributed by atoms with Gasteiger partial charge < -0.3 is 19.8 Å². The summed E-state index contributed by atoms with van der Waals surface area (Å²) in [4.78, 5) is 26.3. The molecule has 7 heteroatoms. The van der Waals surface area contributed by atoms with Crippen molar-refractivity contribution in [3.8, 4) is 5.75 Å². The van der Waals surface area contributed by atoms with Gasteiger partial charge in [0, 0.05) is 10.5 Å². The van der Waals surface area contributed by atoms with E-state index in [9.17, 15) is 9.59 Å². The number of carbonyl (C=O) groups is 2. The number of rotatable bonds is 5. The minimum atomic E-state index is -0.233. The number of furan rings is 1. The highest BCUT2D eigenvalue weighted by Crippen LogP contribution is 2.39. The van der Waals surface area contributed by atoms with Gasteiger partial charge in [-0.1, -0.05) is 23.9 Å². The van der Waals surface area contributed by atoms with Crippen LogP contribution < -0.4 is 15.4 Å². The first-order chi connectivity index (χ1) is 14.1. The third-order valence-corrected chi connectivity index (χ3v) is 5.45. The van der Waals surface area contributed by atoms with E-state index in [1.807, 2.05) is 36.4 Å². The van der Waals surface area contributed by atoms with E-state index in [1.165, 1.54) is 11.8 Å². The topological polar surface area (TPSA) is 80.6 Å². The average Bonchev–Trinajstić information content (AvgIpc) is 3.26. The number of hydrogen-bond acceptors (Lipinski definition) is 5. The maximum atomic E-state index is 12.5. The van der Waals surface area contributed by atoms with Crippen molar-refractivity contribution in [3.05, 3.63) is 82.7 Å². The summed E-state index contributed by atoms with van der Waals surface area (Å²) < 4.78 is 10.4. The molecule has 0 saturated carbocycles. The van der Waals surface area contributed by atoms with E-state index in [0.717, 1.165) is 16.2 Å². The molecule has 2 heterocycles. The normalized spacial score (nSPS) is 14.2. The molecular formula is C22H18N2O4S. The van der Waals surface area contributed by atoms with Crippen LogP contribution in [0, 0.1) is 0 Å². The summed E-state index contributed by atoms with van der Waals surface area (Å²) in [6.07, 6.45) is 3.39. The van der Waals surface area contributed by atoms with Crippen LogP contribution in [0.1, 0.15) is 21.7 Å². The molecule has 0 unspecified atom stereocenters. The van der Waals surface area contributed by atoms with Gasteiger partial charge in [-0.05, 0) is 54.1 Å². The molecule has 6 nitrogen and oxygen atoms in total. The fourth-order valence-electron chi connectivity index (χ4n) is 2.84. The van der Waals surface area contributed by atoms with Crippen molar-refractivity contribution in [2.75, 3.05) is 12.4 Å². The van der Waals surface area contributed by atoms with Crippen LogP contribution in [0.3, 0.4) is 0 Å². The first-order valence-corrected chi connectivity index (χ1v) is 9.73. The van der Waals surface area contributed by atoms with Crippen LogP contribution >= 0.6 is 11.8 Å². The molecule has 1 aromatic heterocycles. The highest BCUT2D eigenvalue weighted by Gasteiger charge is 2.22. The molecule has 3 aromatic rings. The van der Waals surface area contributed by atoms with Gasteiger partial charge in [-0.3, -0.25) is 9.59 Å². The number of ether oxygens (including phenoxy) is 1. The summed E-state index contributed by atoms with van der Waals surface area (Å²) in [5.41, 5.74) is 2.00. The van der Waals surface area contributed by atoms with E-state index in [-0.39, 0.29) is 11.8 Å². The highest BCUT2D eigenvalue weighted by atomic mass is 32.2. The van der Waals surface area contributed by atoms with Crippen molar-refractivity contribution in [2.45, 2.75) is 11.4 Å². The van der Waals surface area contributed by atoms with E-state index in [4.69, 9.17) is 9.15 Å². The average molecular weight is 406 g/mol. The summed E-state index contributed by atoms with van der Waals surface area (Å²) in [7, 11) is 1.61. The Bertz CT molecular complexity index is 1070. The number of anilines is 1. The second-order valence-corrected chi connectivity index (χ2v) is 7.39. The minimum Gasteiger partial charge on any atom is -0.497 e. The predicted molar refractivity (Wildman–Crippen MR) is 112 cm³/mol. The quantitative estimate of drug-likeness (QED) is 0.618. The number of fused-ring (bicyclic) bond motifs is 1. The monoisotopic (exact) mass is 406 g/mol. The van der Waals surface area contributed by atoms with E-state index in [1.54, 1.807) is 37.6 Å². The molecule has 0 radical (unpaired) electrons.